The van der Waals surface area contributed by atoms with E-state index in [1.54, 1.807) is 19.1 Å². The lowest BCUT2D eigenvalue weighted by molar-refractivity contribution is -0.157. The SMILES string of the molecule is C=C(C)COCC(=C)C(=O)OC(C)Oc1ccccc1. The number of carbonyl (C=O) groups is 1. The van der Waals surface area contributed by atoms with Gasteiger partial charge >= 0.3 is 5.97 Å². The van der Waals surface area contributed by atoms with Gasteiger partial charge in [-0.25, -0.2) is 4.79 Å². The minimum absolute atomic E-state index is 0.115. The van der Waals surface area contributed by atoms with E-state index in [0.29, 0.717) is 12.4 Å². The summed E-state index contributed by atoms with van der Waals surface area (Å²) in [6.07, 6.45) is -0.692. The average molecular weight is 276 g/mol. The average Bonchev–Trinajstić information content (AvgIpc) is 2.39. The lowest BCUT2D eigenvalue weighted by Crippen LogP contribution is -2.23. The molecule has 0 heterocycles. The van der Waals surface area contributed by atoms with E-state index in [1.165, 1.54) is 0 Å². The number of rotatable bonds is 8. The molecule has 108 valence electrons. The Morgan fingerprint density at radius 2 is 1.85 bits per heavy atom. The maximum Gasteiger partial charge on any atom is 0.338 e. The van der Waals surface area contributed by atoms with Crippen LogP contribution >= 0.6 is 0 Å². The second kappa shape index (κ2) is 8.17. The number of carbonyl (C=O) groups excluding carboxylic acids is 1. The number of hydrogen-bond acceptors (Lipinski definition) is 4. The fraction of sp³-hybridized carbons (Fsp3) is 0.312. The Balaban J connectivity index is 2.33. The van der Waals surface area contributed by atoms with Crippen molar-refractivity contribution in [1.29, 1.82) is 0 Å². The predicted molar refractivity (Wildman–Crippen MR) is 77.4 cm³/mol. The molecule has 0 aliphatic heterocycles. The highest BCUT2D eigenvalue weighted by Crippen LogP contribution is 2.12. The number of ether oxygens (including phenoxy) is 3. The van der Waals surface area contributed by atoms with Crippen molar-refractivity contribution in [2.75, 3.05) is 13.2 Å². The standard InChI is InChI=1S/C16H20O4/c1-12(2)10-18-11-13(3)16(17)20-14(4)19-15-8-6-5-7-9-15/h5-9,14H,1,3,10-11H2,2,4H3. The molecule has 0 saturated heterocycles. The molecule has 1 rings (SSSR count). The van der Waals surface area contributed by atoms with Crippen LogP contribution in [0.5, 0.6) is 5.75 Å². The van der Waals surface area contributed by atoms with E-state index >= 15 is 0 Å². The Labute approximate surface area is 119 Å². The van der Waals surface area contributed by atoms with Crippen LogP contribution in [0.4, 0.5) is 0 Å². The highest BCUT2D eigenvalue weighted by atomic mass is 16.7. The van der Waals surface area contributed by atoms with Crippen molar-refractivity contribution in [3.05, 3.63) is 54.6 Å². The summed E-state index contributed by atoms with van der Waals surface area (Å²) in [5, 5.41) is 0. The molecule has 1 unspecified atom stereocenters. The molecule has 0 amide bonds. The van der Waals surface area contributed by atoms with Gasteiger partial charge in [0.1, 0.15) is 5.75 Å². The van der Waals surface area contributed by atoms with E-state index < -0.39 is 12.3 Å². The number of esters is 1. The van der Waals surface area contributed by atoms with Crippen LogP contribution in [0.15, 0.2) is 54.6 Å². The molecular formula is C16H20O4. The van der Waals surface area contributed by atoms with Crippen LogP contribution in [0.3, 0.4) is 0 Å². The van der Waals surface area contributed by atoms with Gasteiger partial charge in [0.2, 0.25) is 6.29 Å². The monoisotopic (exact) mass is 276 g/mol. The van der Waals surface area contributed by atoms with Crippen LogP contribution in [0.25, 0.3) is 0 Å². The third-order valence-corrected chi connectivity index (χ3v) is 2.23. The third kappa shape index (κ3) is 6.20. The Bertz CT molecular complexity index is 465. The largest absolute Gasteiger partial charge is 0.455 e. The van der Waals surface area contributed by atoms with Gasteiger partial charge in [-0.2, -0.15) is 0 Å². The molecule has 0 N–H and O–H groups in total. The molecule has 0 spiro atoms. The summed E-state index contributed by atoms with van der Waals surface area (Å²) < 4.78 is 15.8. The van der Waals surface area contributed by atoms with E-state index in [1.807, 2.05) is 25.1 Å². The van der Waals surface area contributed by atoms with E-state index in [0.717, 1.165) is 5.57 Å². The zero-order chi connectivity index (χ0) is 15.0. The maximum atomic E-state index is 11.7. The summed E-state index contributed by atoms with van der Waals surface area (Å²) in [7, 11) is 0. The summed E-state index contributed by atoms with van der Waals surface area (Å²) in [6.45, 7) is 11.3. The molecule has 0 aliphatic carbocycles. The van der Waals surface area contributed by atoms with Crippen molar-refractivity contribution in [3.63, 3.8) is 0 Å². The fourth-order valence-electron chi connectivity index (χ4n) is 1.36. The number of para-hydroxylation sites is 1. The summed E-state index contributed by atoms with van der Waals surface area (Å²) in [5.74, 6) is 0.104. The van der Waals surface area contributed by atoms with Gasteiger partial charge < -0.3 is 14.2 Å². The quantitative estimate of drug-likeness (QED) is 0.317. The normalized spacial score (nSPS) is 11.5. The summed E-state index contributed by atoms with van der Waals surface area (Å²) in [6, 6.07) is 9.14. The van der Waals surface area contributed by atoms with Gasteiger partial charge in [-0.1, -0.05) is 36.9 Å². The molecule has 20 heavy (non-hydrogen) atoms. The summed E-state index contributed by atoms with van der Waals surface area (Å²) >= 11 is 0. The van der Waals surface area contributed by atoms with Crippen molar-refractivity contribution in [2.24, 2.45) is 0 Å². The van der Waals surface area contributed by atoms with E-state index in [9.17, 15) is 4.79 Å². The van der Waals surface area contributed by atoms with Crippen LogP contribution in [0.2, 0.25) is 0 Å². The lowest BCUT2D eigenvalue weighted by atomic mass is 10.3. The van der Waals surface area contributed by atoms with Gasteiger partial charge in [0.25, 0.3) is 0 Å². The van der Waals surface area contributed by atoms with E-state index in [2.05, 4.69) is 13.2 Å². The first kappa shape index (κ1) is 16.0. The van der Waals surface area contributed by atoms with Gasteiger partial charge in [-0.3, -0.25) is 0 Å². The first-order valence-electron chi connectivity index (χ1n) is 6.31. The molecule has 4 nitrogen and oxygen atoms in total. The van der Waals surface area contributed by atoms with Crippen LogP contribution in [0, 0.1) is 0 Å². The number of hydrogen-bond donors (Lipinski definition) is 0. The molecule has 0 radical (unpaired) electrons. The summed E-state index contributed by atoms with van der Waals surface area (Å²) in [4.78, 5) is 11.7. The summed E-state index contributed by atoms with van der Waals surface area (Å²) in [5.41, 5.74) is 1.13. The van der Waals surface area contributed by atoms with Gasteiger partial charge in [0.15, 0.2) is 0 Å². The number of benzene rings is 1. The van der Waals surface area contributed by atoms with Crippen molar-refractivity contribution in [1.82, 2.24) is 0 Å². The first-order valence-corrected chi connectivity index (χ1v) is 6.31. The lowest BCUT2D eigenvalue weighted by Gasteiger charge is -2.16. The van der Waals surface area contributed by atoms with Crippen molar-refractivity contribution < 1.29 is 19.0 Å². The first-order chi connectivity index (χ1) is 9.49. The van der Waals surface area contributed by atoms with Crippen LogP contribution < -0.4 is 4.74 Å². The van der Waals surface area contributed by atoms with Crippen LogP contribution in [-0.2, 0) is 14.3 Å². The Morgan fingerprint density at radius 3 is 2.45 bits per heavy atom. The van der Waals surface area contributed by atoms with Gasteiger partial charge in [-0.15, -0.1) is 0 Å². The maximum absolute atomic E-state index is 11.7. The molecule has 4 heteroatoms. The molecule has 1 aromatic rings. The van der Waals surface area contributed by atoms with Crippen molar-refractivity contribution in [2.45, 2.75) is 20.1 Å². The Morgan fingerprint density at radius 1 is 1.20 bits per heavy atom. The smallest absolute Gasteiger partial charge is 0.338 e. The van der Waals surface area contributed by atoms with Crippen LogP contribution in [0.1, 0.15) is 13.8 Å². The molecule has 0 saturated carbocycles. The molecule has 0 fully saturated rings. The van der Waals surface area contributed by atoms with E-state index in [4.69, 9.17) is 14.2 Å². The van der Waals surface area contributed by atoms with Gasteiger partial charge in [0, 0.05) is 6.92 Å². The van der Waals surface area contributed by atoms with Crippen molar-refractivity contribution >= 4 is 5.97 Å². The second-order valence-corrected chi connectivity index (χ2v) is 4.46. The van der Waals surface area contributed by atoms with Gasteiger partial charge in [-0.05, 0) is 19.1 Å². The zero-order valence-corrected chi connectivity index (χ0v) is 11.9. The van der Waals surface area contributed by atoms with E-state index in [-0.39, 0.29) is 12.2 Å². The Hall–Kier alpha value is -2.07. The van der Waals surface area contributed by atoms with Gasteiger partial charge in [0.05, 0.1) is 18.8 Å². The predicted octanol–water partition coefficient (Wildman–Crippen LogP) is 3.10. The third-order valence-electron chi connectivity index (χ3n) is 2.23. The molecule has 0 aromatic heterocycles. The van der Waals surface area contributed by atoms with Crippen LogP contribution in [-0.4, -0.2) is 25.5 Å². The molecule has 0 bridgehead atoms. The highest BCUT2D eigenvalue weighted by molar-refractivity contribution is 5.88. The molecular weight excluding hydrogens is 256 g/mol. The second-order valence-electron chi connectivity index (χ2n) is 4.46. The fourth-order valence-corrected chi connectivity index (χ4v) is 1.36. The molecule has 1 atom stereocenters. The zero-order valence-electron chi connectivity index (χ0n) is 11.9. The molecule has 0 aliphatic rings. The highest BCUT2D eigenvalue weighted by Gasteiger charge is 2.14. The van der Waals surface area contributed by atoms with Crippen molar-refractivity contribution in [3.8, 4) is 5.75 Å². The molecule has 1 aromatic carbocycles. The minimum atomic E-state index is -0.692. The topological polar surface area (TPSA) is 44.8 Å². The minimum Gasteiger partial charge on any atom is -0.455 e. The Kier molecular flexibility index (Phi) is 6.53.